The summed E-state index contributed by atoms with van der Waals surface area (Å²) in [6.07, 6.45) is 0.498. The number of hydrogen-bond donors (Lipinski definition) is 3. The molecule has 5 N–H and O–H groups in total. The van der Waals surface area contributed by atoms with E-state index in [1.54, 1.807) is 11.3 Å². The largest absolute Gasteiger partial charge is 0.395 e. The highest BCUT2D eigenvalue weighted by atomic mass is 32.2. The lowest BCUT2D eigenvalue weighted by molar-refractivity contribution is 0.305. The summed E-state index contributed by atoms with van der Waals surface area (Å²) in [6.45, 7) is 0.0925. The average molecular weight is 306 g/mol. The van der Waals surface area contributed by atoms with Crippen molar-refractivity contribution in [3.8, 4) is 11.8 Å². The molecule has 0 aliphatic heterocycles. The molecule has 0 saturated carbocycles. The maximum atomic E-state index is 8.67. The Labute approximate surface area is 125 Å². The maximum absolute atomic E-state index is 8.67. The molecule has 2 aromatic rings. The first-order chi connectivity index (χ1) is 9.67. The third kappa shape index (κ3) is 4.42. The van der Waals surface area contributed by atoms with Crippen LogP contribution in [-0.4, -0.2) is 21.7 Å². The van der Waals surface area contributed by atoms with Crippen LogP contribution in [0.3, 0.4) is 0 Å². The molecule has 104 valence electrons. The Morgan fingerprint density at radius 1 is 1.25 bits per heavy atom. The molecular weight excluding hydrogens is 292 g/mol. The van der Waals surface area contributed by atoms with Gasteiger partial charge in [0, 0.05) is 23.1 Å². The van der Waals surface area contributed by atoms with Gasteiger partial charge in [-0.3, -0.25) is 0 Å². The van der Waals surface area contributed by atoms with E-state index in [9.17, 15) is 0 Å². The second-order valence-corrected chi connectivity index (χ2v) is 5.94. The molecule has 7 heteroatoms. The second-order valence-electron chi connectivity index (χ2n) is 3.83. The second kappa shape index (κ2) is 7.14. The van der Waals surface area contributed by atoms with Gasteiger partial charge in [0.2, 0.25) is 0 Å². The zero-order valence-electron chi connectivity index (χ0n) is 10.7. The number of nitrogens with two attached hydrogens (primary N) is 2. The normalized spacial score (nSPS) is 10.1. The molecule has 2 rings (SSSR count). The van der Waals surface area contributed by atoms with Crippen molar-refractivity contribution in [3.05, 3.63) is 28.0 Å². The molecule has 20 heavy (non-hydrogen) atoms. The van der Waals surface area contributed by atoms with Crippen LogP contribution in [0.2, 0.25) is 0 Å². The number of aliphatic hydroxyl groups is 1. The van der Waals surface area contributed by atoms with E-state index in [1.807, 2.05) is 12.1 Å². The third-order valence-corrected chi connectivity index (χ3v) is 4.28. The van der Waals surface area contributed by atoms with Crippen molar-refractivity contribution in [3.63, 3.8) is 0 Å². The predicted octanol–water partition coefficient (Wildman–Crippen LogP) is 1.73. The van der Waals surface area contributed by atoms with Crippen LogP contribution < -0.4 is 11.5 Å². The molecule has 5 nitrogen and oxygen atoms in total. The molecule has 0 bridgehead atoms. The minimum absolute atomic E-state index is 0.0925. The van der Waals surface area contributed by atoms with E-state index in [0.717, 1.165) is 10.6 Å². The Morgan fingerprint density at radius 2 is 2.00 bits per heavy atom. The predicted molar refractivity (Wildman–Crippen MR) is 83.3 cm³/mol. The Morgan fingerprint density at radius 3 is 2.70 bits per heavy atom. The number of aromatic nitrogens is 2. The van der Waals surface area contributed by atoms with E-state index in [-0.39, 0.29) is 6.61 Å². The fourth-order valence-electron chi connectivity index (χ4n) is 1.39. The molecular formula is C13H14N4OS2. The molecule has 0 amide bonds. The van der Waals surface area contributed by atoms with Crippen LogP contribution in [0.15, 0.2) is 23.4 Å². The van der Waals surface area contributed by atoms with Gasteiger partial charge in [-0.05, 0) is 12.1 Å². The summed E-state index contributed by atoms with van der Waals surface area (Å²) < 4.78 is 0. The summed E-state index contributed by atoms with van der Waals surface area (Å²) in [4.78, 5) is 10.4. The molecule has 0 unspecified atom stereocenters. The van der Waals surface area contributed by atoms with E-state index >= 15 is 0 Å². The van der Waals surface area contributed by atoms with Crippen molar-refractivity contribution >= 4 is 34.7 Å². The monoisotopic (exact) mass is 306 g/mol. The Hall–Kier alpha value is -1.75. The van der Waals surface area contributed by atoms with Crippen molar-refractivity contribution in [2.75, 3.05) is 18.1 Å². The quantitative estimate of drug-likeness (QED) is 0.452. The van der Waals surface area contributed by atoms with Crippen LogP contribution in [0.5, 0.6) is 0 Å². The summed E-state index contributed by atoms with van der Waals surface area (Å²) >= 11 is 3.10. The first-order valence-electron chi connectivity index (χ1n) is 5.88. The Bertz CT molecular complexity index is 625. The maximum Gasteiger partial charge on any atom is 0.191 e. The van der Waals surface area contributed by atoms with Crippen molar-refractivity contribution in [1.29, 1.82) is 0 Å². The first-order valence-corrected chi connectivity index (χ1v) is 7.69. The standard InChI is InChI=1S/C13H14N4OS2/c14-11-7-12(15)17-13(16-11)19-8-10-5-4-9(20-10)3-1-2-6-18/h4-5,7,18H,2,6,8H2,(H4,14,15,16,17). The molecule has 0 fully saturated rings. The highest BCUT2D eigenvalue weighted by Gasteiger charge is 2.04. The van der Waals surface area contributed by atoms with Crippen LogP contribution in [-0.2, 0) is 5.75 Å². The van der Waals surface area contributed by atoms with Crippen molar-refractivity contribution in [2.45, 2.75) is 17.3 Å². The number of nitrogen functional groups attached to an aromatic ring is 2. The summed E-state index contributed by atoms with van der Waals surface area (Å²) in [7, 11) is 0. The van der Waals surface area contributed by atoms with Crippen LogP contribution in [0.1, 0.15) is 16.2 Å². The zero-order valence-corrected chi connectivity index (χ0v) is 12.3. The molecule has 2 heterocycles. The van der Waals surface area contributed by atoms with Gasteiger partial charge in [-0.2, -0.15) is 0 Å². The molecule has 0 atom stereocenters. The summed E-state index contributed by atoms with van der Waals surface area (Å²) in [6, 6.07) is 5.53. The highest BCUT2D eigenvalue weighted by molar-refractivity contribution is 7.98. The van der Waals surface area contributed by atoms with Gasteiger partial charge < -0.3 is 16.6 Å². The van der Waals surface area contributed by atoms with Gasteiger partial charge in [0.25, 0.3) is 0 Å². The Kier molecular flexibility index (Phi) is 5.24. The lowest BCUT2D eigenvalue weighted by Crippen LogP contribution is -1.99. The van der Waals surface area contributed by atoms with E-state index in [0.29, 0.717) is 23.2 Å². The van der Waals surface area contributed by atoms with Gasteiger partial charge in [-0.1, -0.05) is 23.6 Å². The van der Waals surface area contributed by atoms with Gasteiger partial charge >= 0.3 is 0 Å². The SMILES string of the molecule is Nc1cc(N)nc(SCc2ccc(C#CCCO)s2)n1. The number of rotatable bonds is 4. The van der Waals surface area contributed by atoms with Gasteiger partial charge in [0.05, 0.1) is 11.5 Å². The van der Waals surface area contributed by atoms with Crippen molar-refractivity contribution in [1.82, 2.24) is 9.97 Å². The minimum atomic E-state index is 0.0925. The number of anilines is 2. The van der Waals surface area contributed by atoms with Crippen LogP contribution in [0.25, 0.3) is 0 Å². The third-order valence-electron chi connectivity index (χ3n) is 2.20. The smallest absolute Gasteiger partial charge is 0.191 e. The average Bonchev–Trinajstić information content (AvgIpc) is 2.84. The summed E-state index contributed by atoms with van der Waals surface area (Å²) in [5, 5.41) is 9.24. The molecule has 0 spiro atoms. The van der Waals surface area contributed by atoms with Gasteiger partial charge in [0.15, 0.2) is 5.16 Å². The lowest BCUT2D eigenvalue weighted by Gasteiger charge is -2.01. The van der Waals surface area contributed by atoms with Crippen molar-refractivity contribution in [2.24, 2.45) is 0 Å². The number of thiophene rings is 1. The Balaban J connectivity index is 1.96. The molecule has 0 radical (unpaired) electrons. The van der Waals surface area contributed by atoms with E-state index in [2.05, 4.69) is 21.8 Å². The number of thioether (sulfide) groups is 1. The zero-order chi connectivity index (χ0) is 14.4. The van der Waals surface area contributed by atoms with Gasteiger partial charge in [0.1, 0.15) is 11.6 Å². The number of nitrogens with zero attached hydrogens (tertiary/aromatic N) is 2. The van der Waals surface area contributed by atoms with E-state index in [1.165, 1.54) is 22.7 Å². The fraction of sp³-hybridized carbons (Fsp3) is 0.231. The molecule has 0 saturated heterocycles. The molecule has 0 aliphatic carbocycles. The molecule has 2 aromatic heterocycles. The highest BCUT2D eigenvalue weighted by Crippen LogP contribution is 2.25. The number of aliphatic hydroxyl groups excluding tert-OH is 1. The fourth-order valence-corrected chi connectivity index (χ4v) is 3.19. The summed E-state index contributed by atoms with van der Waals surface area (Å²) in [5.74, 6) is 7.41. The van der Waals surface area contributed by atoms with Crippen LogP contribution in [0.4, 0.5) is 11.6 Å². The lowest BCUT2D eigenvalue weighted by atomic mass is 10.4. The van der Waals surface area contributed by atoms with Gasteiger partial charge in [-0.15, -0.1) is 11.3 Å². The van der Waals surface area contributed by atoms with Gasteiger partial charge in [-0.25, -0.2) is 9.97 Å². The van der Waals surface area contributed by atoms with E-state index < -0.39 is 0 Å². The summed E-state index contributed by atoms with van der Waals surface area (Å²) in [5.41, 5.74) is 11.2. The van der Waals surface area contributed by atoms with Crippen LogP contribution in [0, 0.1) is 11.8 Å². The van der Waals surface area contributed by atoms with Crippen LogP contribution >= 0.6 is 23.1 Å². The minimum Gasteiger partial charge on any atom is -0.395 e. The number of hydrogen-bond acceptors (Lipinski definition) is 7. The topological polar surface area (TPSA) is 98.1 Å². The molecule has 0 aromatic carbocycles. The first kappa shape index (κ1) is 14.7. The van der Waals surface area contributed by atoms with Crippen molar-refractivity contribution < 1.29 is 5.11 Å². The molecule has 0 aliphatic rings. The van der Waals surface area contributed by atoms with E-state index in [4.69, 9.17) is 16.6 Å².